The summed E-state index contributed by atoms with van der Waals surface area (Å²) in [5, 5.41) is 8.77. The van der Waals surface area contributed by atoms with Crippen molar-refractivity contribution in [1.29, 1.82) is 0 Å². The Morgan fingerprint density at radius 2 is 1.86 bits per heavy atom. The topological polar surface area (TPSA) is 89.7 Å². The first-order valence-corrected chi connectivity index (χ1v) is 15.8. The molecule has 0 radical (unpaired) electrons. The maximum atomic E-state index is 14.7. The highest BCUT2D eigenvalue weighted by atomic mass is 32.1. The number of aromatic nitrogens is 2. The first-order valence-electron chi connectivity index (χ1n) is 14.9. The summed E-state index contributed by atoms with van der Waals surface area (Å²) >= 11 is 1.58. The summed E-state index contributed by atoms with van der Waals surface area (Å²) in [4.78, 5) is 19.8. The molecule has 0 spiro atoms. The Hall–Kier alpha value is -3.57. The van der Waals surface area contributed by atoms with Gasteiger partial charge in [-0.15, -0.1) is 0 Å². The Labute approximate surface area is 252 Å². The molecule has 2 aromatic carbocycles. The second-order valence-corrected chi connectivity index (χ2v) is 13.1. The van der Waals surface area contributed by atoms with E-state index in [9.17, 15) is 13.6 Å². The van der Waals surface area contributed by atoms with E-state index in [1.807, 2.05) is 19.9 Å². The molecule has 8 nitrogen and oxygen atoms in total. The van der Waals surface area contributed by atoms with Crippen molar-refractivity contribution < 1.29 is 27.6 Å². The number of methoxy groups -OCH3 is 1. The predicted octanol–water partition coefficient (Wildman–Crippen LogP) is 6.97. The van der Waals surface area contributed by atoms with E-state index in [1.54, 1.807) is 17.4 Å². The van der Waals surface area contributed by atoms with Gasteiger partial charge in [-0.3, -0.25) is 0 Å². The zero-order valence-electron chi connectivity index (χ0n) is 24.4. The smallest absolute Gasteiger partial charge is 0.338 e. The van der Waals surface area contributed by atoms with E-state index in [4.69, 9.17) is 19.0 Å². The average molecular weight is 609 g/mol. The van der Waals surface area contributed by atoms with Crippen LogP contribution in [0.2, 0.25) is 0 Å². The molecule has 2 atom stereocenters. The molecule has 2 aliphatic heterocycles. The molecule has 43 heavy (non-hydrogen) atoms. The van der Waals surface area contributed by atoms with Gasteiger partial charge in [0.2, 0.25) is 0 Å². The van der Waals surface area contributed by atoms with Crippen molar-refractivity contribution in [3.05, 3.63) is 58.9 Å². The highest BCUT2D eigenvalue weighted by molar-refractivity contribution is 7.22. The van der Waals surface area contributed by atoms with Gasteiger partial charge >= 0.3 is 5.97 Å². The number of hydrogen-bond acceptors (Lipinski definition) is 9. The summed E-state index contributed by atoms with van der Waals surface area (Å²) < 4.78 is 47.0. The zero-order chi connectivity index (χ0) is 29.8. The number of benzene rings is 2. The summed E-state index contributed by atoms with van der Waals surface area (Å²) in [6.07, 6.45) is 5.89. The highest BCUT2D eigenvalue weighted by Gasteiger charge is 2.42. The van der Waals surface area contributed by atoms with Crippen LogP contribution in [-0.4, -0.2) is 47.4 Å². The molecule has 2 unspecified atom stereocenters. The second kappa shape index (κ2) is 11.2. The Morgan fingerprint density at radius 1 is 1.14 bits per heavy atom. The number of halogens is 2. The number of carbonyl (C=O) groups excluding carboxylic acids is 1. The van der Waals surface area contributed by atoms with Gasteiger partial charge < -0.3 is 24.2 Å². The monoisotopic (exact) mass is 608 g/mol. The van der Waals surface area contributed by atoms with Crippen LogP contribution in [0, 0.1) is 11.6 Å². The van der Waals surface area contributed by atoms with Crippen LogP contribution in [0.15, 0.2) is 34.9 Å². The van der Waals surface area contributed by atoms with Crippen LogP contribution in [0.4, 0.5) is 13.9 Å². The SMILES string of the molecule is COC(=O)c1cc(OC(C)C)c2nc(N3C4CCC3CC(NCc3c(-c5c(F)cccc5F)noc3C3CC3)C4)sc2c1. The largest absolute Gasteiger partial charge is 0.489 e. The fraction of sp³-hybridized carbons (Fsp3) is 0.469. The Kier molecular flexibility index (Phi) is 7.33. The number of piperidine rings is 1. The number of nitrogens with zero attached hydrogens (tertiary/aromatic N) is 3. The van der Waals surface area contributed by atoms with Crippen molar-refractivity contribution >= 4 is 32.7 Å². The van der Waals surface area contributed by atoms with E-state index in [1.165, 1.54) is 25.3 Å². The van der Waals surface area contributed by atoms with Crippen molar-refractivity contribution in [3.8, 4) is 17.0 Å². The molecule has 0 amide bonds. The summed E-state index contributed by atoms with van der Waals surface area (Å²) in [5.74, 6) is -0.1000. The molecule has 4 heterocycles. The number of hydrogen-bond donors (Lipinski definition) is 1. The van der Waals surface area contributed by atoms with Crippen molar-refractivity contribution in [2.45, 2.75) is 89.1 Å². The predicted molar refractivity (Wildman–Crippen MR) is 160 cm³/mol. The van der Waals surface area contributed by atoms with E-state index in [-0.39, 0.29) is 29.3 Å². The molecular formula is C32H34F2N4O4S. The van der Waals surface area contributed by atoms with Crippen LogP contribution in [0.25, 0.3) is 21.5 Å². The van der Waals surface area contributed by atoms with E-state index in [2.05, 4.69) is 15.4 Å². The van der Waals surface area contributed by atoms with Crippen LogP contribution in [-0.2, 0) is 11.3 Å². The van der Waals surface area contributed by atoms with Gasteiger partial charge in [0.15, 0.2) is 5.13 Å². The molecule has 3 aliphatic rings. The van der Waals surface area contributed by atoms with Crippen LogP contribution in [0.1, 0.15) is 80.0 Å². The maximum Gasteiger partial charge on any atom is 0.338 e. The van der Waals surface area contributed by atoms with E-state index < -0.39 is 17.6 Å². The lowest BCUT2D eigenvalue weighted by Crippen LogP contribution is -2.49. The molecule has 1 aliphatic carbocycles. The molecule has 1 saturated carbocycles. The standard InChI is InChI=1S/C32H34F2N4O4S/c1-16(2)41-25-11-18(31(39)40-3)12-26-29(25)36-32(43-26)38-20-9-10-21(38)14-19(13-20)35-15-22-28(37-42-30(22)17-7-8-17)27-23(33)5-4-6-24(27)34/h4-6,11-12,16-17,19-21,35H,7-10,13-15H2,1-3H3. The van der Waals surface area contributed by atoms with E-state index in [0.717, 1.165) is 65.2 Å². The first-order chi connectivity index (χ1) is 20.8. The minimum Gasteiger partial charge on any atom is -0.489 e. The third-order valence-corrected chi connectivity index (χ3v) is 9.74. The quantitative estimate of drug-likeness (QED) is 0.204. The van der Waals surface area contributed by atoms with Gasteiger partial charge in [0.25, 0.3) is 0 Å². The van der Waals surface area contributed by atoms with Crippen LogP contribution in [0.3, 0.4) is 0 Å². The van der Waals surface area contributed by atoms with Gasteiger partial charge in [-0.2, -0.15) is 0 Å². The molecule has 226 valence electrons. The molecule has 3 fully saturated rings. The number of thiazole rings is 1. The van der Waals surface area contributed by atoms with Gasteiger partial charge in [0, 0.05) is 36.2 Å². The van der Waals surface area contributed by atoms with Gasteiger partial charge in [0.1, 0.15) is 34.4 Å². The third-order valence-electron chi connectivity index (χ3n) is 8.72. The minimum atomic E-state index is -0.639. The van der Waals surface area contributed by atoms with Crippen molar-refractivity contribution in [1.82, 2.24) is 15.5 Å². The number of rotatable bonds is 9. The molecule has 11 heteroatoms. The van der Waals surface area contributed by atoms with Crippen molar-refractivity contribution in [2.75, 3.05) is 12.0 Å². The lowest BCUT2D eigenvalue weighted by Gasteiger charge is -2.39. The molecule has 1 N–H and O–H groups in total. The first kappa shape index (κ1) is 28.2. The lowest BCUT2D eigenvalue weighted by molar-refractivity contribution is 0.0600. The van der Waals surface area contributed by atoms with Crippen molar-refractivity contribution in [3.63, 3.8) is 0 Å². The van der Waals surface area contributed by atoms with E-state index in [0.29, 0.717) is 29.9 Å². The Bertz CT molecular complexity index is 1650. The minimum absolute atomic E-state index is 0.0690. The molecule has 2 bridgehead atoms. The van der Waals surface area contributed by atoms with Gasteiger partial charge in [0.05, 0.1) is 29.0 Å². The third kappa shape index (κ3) is 5.26. The van der Waals surface area contributed by atoms with Crippen molar-refractivity contribution in [2.24, 2.45) is 0 Å². The van der Waals surface area contributed by atoms with Gasteiger partial charge in [-0.1, -0.05) is 22.6 Å². The summed E-state index contributed by atoms with van der Waals surface area (Å²) in [6.45, 7) is 4.34. The fourth-order valence-electron chi connectivity index (χ4n) is 6.66. The number of fused-ring (bicyclic) bond motifs is 3. The number of nitrogens with one attached hydrogen (secondary N) is 1. The molecule has 2 aromatic heterocycles. The molecular weight excluding hydrogens is 574 g/mol. The van der Waals surface area contributed by atoms with Crippen LogP contribution < -0.4 is 15.0 Å². The van der Waals surface area contributed by atoms with Crippen LogP contribution >= 0.6 is 11.3 Å². The number of anilines is 1. The maximum absolute atomic E-state index is 14.7. The van der Waals surface area contributed by atoms with E-state index >= 15 is 0 Å². The Morgan fingerprint density at radius 3 is 2.51 bits per heavy atom. The number of ether oxygens (including phenoxy) is 2. The summed E-state index contributed by atoms with van der Waals surface area (Å²) in [6, 6.07) is 8.26. The lowest BCUT2D eigenvalue weighted by atomic mass is 9.97. The van der Waals surface area contributed by atoms with Gasteiger partial charge in [-0.05, 0) is 76.6 Å². The highest BCUT2D eigenvalue weighted by Crippen LogP contribution is 2.46. The molecule has 2 saturated heterocycles. The number of esters is 1. The van der Waals surface area contributed by atoms with Crippen LogP contribution in [0.5, 0.6) is 5.75 Å². The Balaban J connectivity index is 1.11. The normalized spacial score (nSPS) is 21.6. The molecule has 7 rings (SSSR count). The van der Waals surface area contributed by atoms with Gasteiger partial charge in [-0.25, -0.2) is 18.6 Å². The molecule has 4 aromatic rings. The summed E-state index contributed by atoms with van der Waals surface area (Å²) in [5.41, 5.74) is 2.09. The number of carbonyl (C=O) groups is 1. The summed E-state index contributed by atoms with van der Waals surface area (Å²) in [7, 11) is 1.37. The fourth-order valence-corrected chi connectivity index (χ4v) is 7.82. The average Bonchev–Trinajstić information content (AvgIpc) is 3.50. The zero-order valence-corrected chi connectivity index (χ0v) is 25.2. The second-order valence-electron chi connectivity index (χ2n) is 12.1.